The Morgan fingerprint density at radius 3 is 1.40 bits per heavy atom. The van der Waals surface area contributed by atoms with Crippen LogP contribution in [0.4, 0.5) is 0 Å². The zero-order valence-corrected chi connectivity index (χ0v) is 13.1. The standard InChI is InChI=1S/C12H18O6S2/c1-19(13,14)17-11-9-7-5-3-4-6-8-10-12-18-20(2,15)16/h7-12H2,1-2H3. The Balaban J connectivity index is 3.61. The van der Waals surface area contributed by atoms with E-state index in [2.05, 4.69) is 32.0 Å². The average molecular weight is 322 g/mol. The van der Waals surface area contributed by atoms with E-state index in [1.807, 2.05) is 0 Å². The van der Waals surface area contributed by atoms with Crippen molar-refractivity contribution in [3.05, 3.63) is 0 Å². The van der Waals surface area contributed by atoms with E-state index in [1.54, 1.807) is 0 Å². The van der Waals surface area contributed by atoms with Gasteiger partial charge < -0.3 is 0 Å². The summed E-state index contributed by atoms with van der Waals surface area (Å²) in [5.41, 5.74) is 0. The highest BCUT2D eigenvalue weighted by atomic mass is 32.2. The van der Waals surface area contributed by atoms with Gasteiger partial charge in [0.05, 0.1) is 25.7 Å². The molecule has 0 atom stereocenters. The average Bonchev–Trinajstić information content (AvgIpc) is 2.27. The predicted octanol–water partition coefficient (Wildman–Crippen LogP) is 0.506. The van der Waals surface area contributed by atoms with Crippen LogP contribution in [0.1, 0.15) is 25.7 Å². The quantitative estimate of drug-likeness (QED) is 0.367. The highest BCUT2D eigenvalue weighted by molar-refractivity contribution is 7.86. The van der Waals surface area contributed by atoms with Crippen LogP contribution in [-0.2, 0) is 28.6 Å². The van der Waals surface area contributed by atoms with Crippen LogP contribution in [0, 0.1) is 23.7 Å². The molecule has 0 amide bonds. The topological polar surface area (TPSA) is 86.7 Å². The lowest BCUT2D eigenvalue weighted by atomic mass is 10.3. The maximum atomic E-state index is 10.6. The lowest BCUT2D eigenvalue weighted by Crippen LogP contribution is -2.03. The number of hydrogen-bond donors (Lipinski definition) is 0. The van der Waals surface area contributed by atoms with Crippen molar-refractivity contribution in [2.24, 2.45) is 0 Å². The maximum absolute atomic E-state index is 10.6. The molecule has 0 heterocycles. The Bertz CT molecular complexity index is 540. The summed E-state index contributed by atoms with van der Waals surface area (Å²) in [6.45, 7) is 0.230. The highest BCUT2D eigenvalue weighted by Crippen LogP contribution is 1.93. The van der Waals surface area contributed by atoms with Gasteiger partial charge in [-0.1, -0.05) is 11.8 Å². The van der Waals surface area contributed by atoms with Crippen molar-refractivity contribution in [2.45, 2.75) is 25.7 Å². The van der Waals surface area contributed by atoms with Crippen LogP contribution in [-0.4, -0.2) is 42.6 Å². The first-order valence-corrected chi connectivity index (χ1v) is 9.48. The summed E-state index contributed by atoms with van der Waals surface area (Å²) in [6.07, 6.45) is 4.03. The Morgan fingerprint density at radius 2 is 1.10 bits per heavy atom. The zero-order chi connectivity index (χ0) is 15.5. The molecule has 0 rings (SSSR count). The molecule has 0 aromatic rings. The molecule has 0 unspecified atom stereocenters. The molecule has 0 saturated heterocycles. The summed E-state index contributed by atoms with van der Waals surface area (Å²) >= 11 is 0. The van der Waals surface area contributed by atoms with Crippen LogP contribution < -0.4 is 0 Å². The molecule has 0 aliphatic carbocycles. The van der Waals surface area contributed by atoms with E-state index in [1.165, 1.54) is 0 Å². The van der Waals surface area contributed by atoms with Gasteiger partial charge >= 0.3 is 0 Å². The highest BCUT2D eigenvalue weighted by Gasteiger charge is 1.99. The Labute approximate surface area is 121 Å². The van der Waals surface area contributed by atoms with Gasteiger partial charge in [0.1, 0.15) is 0 Å². The van der Waals surface area contributed by atoms with Crippen molar-refractivity contribution in [1.82, 2.24) is 0 Å². The van der Waals surface area contributed by atoms with Gasteiger partial charge in [-0.25, -0.2) is 0 Å². The number of unbranched alkanes of at least 4 members (excludes halogenated alkanes) is 2. The fourth-order valence-corrected chi connectivity index (χ4v) is 1.80. The lowest BCUT2D eigenvalue weighted by Gasteiger charge is -1.96. The van der Waals surface area contributed by atoms with Crippen LogP contribution in [0.5, 0.6) is 0 Å². The SMILES string of the molecule is CS(=O)(=O)OCCCC#CC#CCCCOS(C)(=O)=O. The first kappa shape index (κ1) is 18.9. The minimum Gasteiger partial charge on any atom is -0.270 e. The summed E-state index contributed by atoms with van der Waals surface area (Å²) in [5, 5.41) is 0. The van der Waals surface area contributed by atoms with E-state index in [4.69, 9.17) is 0 Å². The molecule has 6 nitrogen and oxygen atoms in total. The van der Waals surface area contributed by atoms with Crippen molar-refractivity contribution < 1.29 is 25.2 Å². The minimum atomic E-state index is -3.38. The molecule has 20 heavy (non-hydrogen) atoms. The number of hydrogen-bond acceptors (Lipinski definition) is 6. The van der Waals surface area contributed by atoms with Crippen LogP contribution in [0.15, 0.2) is 0 Å². The van der Waals surface area contributed by atoms with E-state index in [9.17, 15) is 16.8 Å². The van der Waals surface area contributed by atoms with Gasteiger partial charge in [-0.2, -0.15) is 16.8 Å². The van der Waals surface area contributed by atoms with E-state index >= 15 is 0 Å². The summed E-state index contributed by atoms with van der Waals surface area (Å²) in [5.74, 6) is 10.8. The van der Waals surface area contributed by atoms with E-state index in [-0.39, 0.29) is 13.2 Å². The Morgan fingerprint density at radius 1 is 0.750 bits per heavy atom. The molecule has 0 fully saturated rings. The summed E-state index contributed by atoms with van der Waals surface area (Å²) in [4.78, 5) is 0. The second kappa shape index (κ2) is 9.78. The minimum absolute atomic E-state index is 0.115. The third-order valence-corrected chi connectivity index (χ3v) is 2.92. The van der Waals surface area contributed by atoms with Crippen LogP contribution in [0.2, 0.25) is 0 Å². The van der Waals surface area contributed by atoms with E-state index in [0.717, 1.165) is 12.5 Å². The molecule has 0 bridgehead atoms. The molecule has 0 aromatic carbocycles. The molecule has 0 radical (unpaired) electrons. The molecule has 0 saturated carbocycles. The normalized spacial score (nSPS) is 11.1. The van der Waals surface area contributed by atoms with Crippen LogP contribution in [0.25, 0.3) is 0 Å². The maximum Gasteiger partial charge on any atom is 0.264 e. The van der Waals surface area contributed by atoms with Gasteiger partial charge in [0.15, 0.2) is 0 Å². The van der Waals surface area contributed by atoms with Gasteiger partial charge in [0.25, 0.3) is 20.2 Å². The molecular weight excluding hydrogens is 304 g/mol. The van der Waals surface area contributed by atoms with E-state index in [0.29, 0.717) is 25.7 Å². The fourth-order valence-electron chi connectivity index (χ4n) is 0.955. The summed E-state index contributed by atoms with van der Waals surface area (Å²) < 4.78 is 51.6. The monoisotopic (exact) mass is 322 g/mol. The lowest BCUT2D eigenvalue weighted by molar-refractivity contribution is 0.317. The van der Waals surface area contributed by atoms with Crippen molar-refractivity contribution in [1.29, 1.82) is 0 Å². The largest absolute Gasteiger partial charge is 0.270 e. The van der Waals surface area contributed by atoms with Gasteiger partial charge in [0, 0.05) is 12.8 Å². The molecule has 0 N–H and O–H groups in total. The third kappa shape index (κ3) is 16.9. The molecule has 0 aliphatic rings. The molecule has 0 spiro atoms. The van der Waals surface area contributed by atoms with Crippen molar-refractivity contribution in [2.75, 3.05) is 25.7 Å². The molecule has 8 heteroatoms. The van der Waals surface area contributed by atoms with E-state index < -0.39 is 20.2 Å². The Kier molecular flexibility index (Phi) is 9.26. The first-order chi connectivity index (χ1) is 9.21. The van der Waals surface area contributed by atoms with Crippen LogP contribution in [0.3, 0.4) is 0 Å². The summed E-state index contributed by atoms with van der Waals surface area (Å²) in [6, 6.07) is 0. The van der Waals surface area contributed by atoms with Crippen molar-refractivity contribution >= 4 is 20.2 Å². The second-order valence-corrected chi connectivity index (χ2v) is 7.15. The van der Waals surface area contributed by atoms with Gasteiger partial charge in [-0.15, -0.1) is 0 Å². The molecule has 0 aromatic heterocycles. The molecule has 0 aliphatic heterocycles. The summed E-state index contributed by atoms with van der Waals surface area (Å²) in [7, 11) is -6.75. The van der Waals surface area contributed by atoms with Gasteiger partial charge in [0.2, 0.25) is 0 Å². The second-order valence-electron chi connectivity index (χ2n) is 3.86. The Hall–Kier alpha value is -1.06. The number of rotatable bonds is 8. The third-order valence-electron chi connectivity index (χ3n) is 1.73. The van der Waals surface area contributed by atoms with Crippen molar-refractivity contribution in [3.8, 4) is 23.7 Å². The molecule has 114 valence electrons. The zero-order valence-electron chi connectivity index (χ0n) is 11.5. The smallest absolute Gasteiger partial charge is 0.264 e. The van der Waals surface area contributed by atoms with Crippen LogP contribution >= 0.6 is 0 Å². The fraction of sp³-hybridized carbons (Fsp3) is 0.667. The van der Waals surface area contributed by atoms with Gasteiger partial charge in [-0.05, 0) is 24.7 Å². The van der Waals surface area contributed by atoms with Gasteiger partial charge in [-0.3, -0.25) is 8.37 Å². The predicted molar refractivity (Wildman–Crippen MR) is 75.6 cm³/mol. The molecular formula is C12H18O6S2. The first-order valence-electron chi connectivity index (χ1n) is 5.85. The van der Waals surface area contributed by atoms with Crippen molar-refractivity contribution in [3.63, 3.8) is 0 Å².